The first-order valence-electron chi connectivity index (χ1n) is 21.4. The Hall–Kier alpha value is -5.08. The molecule has 2 heterocycles. The molecule has 64 heavy (non-hydrogen) atoms. The average Bonchev–Trinajstić information content (AvgIpc) is 3.24. The van der Waals surface area contributed by atoms with E-state index in [1.165, 1.54) is 36.4 Å². The molecule has 0 amide bonds. The third-order valence-electron chi connectivity index (χ3n) is 9.89. The van der Waals surface area contributed by atoms with E-state index in [0.717, 1.165) is 52.1 Å². The van der Waals surface area contributed by atoms with Crippen LogP contribution in [0.5, 0.6) is 0 Å². The normalized spacial score (nSPS) is 14.5. The van der Waals surface area contributed by atoms with Crippen LogP contribution in [0.2, 0.25) is 0 Å². The van der Waals surface area contributed by atoms with Crippen LogP contribution in [-0.4, -0.2) is 154 Å². The fourth-order valence-corrected chi connectivity index (χ4v) is 7.90. The number of rotatable bonds is 28. The largest absolute Gasteiger partial charge is 0.392 e. The molecule has 1 aromatic carbocycles. The summed E-state index contributed by atoms with van der Waals surface area (Å²) >= 11 is 0. The van der Waals surface area contributed by atoms with Gasteiger partial charge in [-0.2, -0.15) is 46.7 Å². The first-order valence-corrected chi connectivity index (χ1v) is 24.3. The highest BCUT2D eigenvalue weighted by molar-refractivity contribution is 7.90. The van der Waals surface area contributed by atoms with Crippen LogP contribution in [0.25, 0.3) is 6.08 Å². The monoisotopic (exact) mass is 932 g/mol. The SMILES string of the molecule is CCN(CC)CCCNc1nc(NCC(C)O)nc(NC2=CC(S(=O)(=O)O)=C(/C=C/c3ccc(Nc4nc(NCCCN(CC)CC)nc(NCC(C)O)n4)cc3S(=O)(=O)O)CC2)n1. The lowest BCUT2D eigenvalue weighted by Gasteiger charge is -2.19. The standard InChI is InChI=1S/C40H64N14O8S2/c1-7-53(8-2)21-11-19-41-35-47-37(43-25-27(5)55)51-39(49-35)45-31-17-15-29(33(23-31)63(57,58)59)13-14-30-16-18-32(24-34(30)64(60,61)62)46-40-50-36(42-20-12-22-54(9-3)10-4)48-38(52-40)44-26-28(6)56/h13-15,17,23-24,27-28,55-56H,7-12,16,18-22,25-26H2,1-6H3,(H,57,58,59)(H,60,61,62)(H3,41,43,45,47,49,51)(H3,42,44,46,48,50,52)/b14-13+. The molecular formula is C40H64N14O8S2. The van der Waals surface area contributed by atoms with Crippen molar-refractivity contribution in [3.8, 4) is 0 Å². The van der Waals surface area contributed by atoms with E-state index in [1.54, 1.807) is 13.8 Å². The van der Waals surface area contributed by atoms with Crippen molar-refractivity contribution in [1.82, 2.24) is 39.7 Å². The number of hydrogen-bond donors (Lipinski definition) is 10. The fourth-order valence-electron chi connectivity index (χ4n) is 6.40. The van der Waals surface area contributed by atoms with Gasteiger partial charge in [0.05, 0.1) is 17.1 Å². The quantitative estimate of drug-likeness (QED) is 0.0365. The van der Waals surface area contributed by atoms with E-state index in [4.69, 9.17) is 0 Å². The zero-order valence-corrected chi connectivity index (χ0v) is 39.0. The van der Waals surface area contributed by atoms with E-state index in [0.29, 0.717) is 18.8 Å². The highest BCUT2D eigenvalue weighted by atomic mass is 32.2. The molecule has 1 aliphatic rings. The Balaban J connectivity index is 1.59. The van der Waals surface area contributed by atoms with Crippen LogP contribution in [0.3, 0.4) is 0 Å². The Labute approximate surface area is 376 Å². The molecule has 0 radical (unpaired) electrons. The second-order valence-electron chi connectivity index (χ2n) is 15.0. The smallest absolute Gasteiger partial charge is 0.295 e. The molecule has 0 spiro atoms. The van der Waals surface area contributed by atoms with E-state index in [-0.39, 0.29) is 78.4 Å². The number of aromatic nitrogens is 6. The predicted molar refractivity (Wildman–Crippen MR) is 250 cm³/mol. The Morgan fingerprint density at radius 2 is 1.11 bits per heavy atom. The number of aliphatic hydroxyl groups is 2. The van der Waals surface area contributed by atoms with Crippen LogP contribution in [-0.2, 0) is 20.2 Å². The van der Waals surface area contributed by atoms with Crippen LogP contribution >= 0.6 is 0 Å². The van der Waals surface area contributed by atoms with E-state index in [1.807, 2.05) is 0 Å². The van der Waals surface area contributed by atoms with E-state index >= 15 is 0 Å². The number of hydrogen-bond acceptors (Lipinski definition) is 20. The Bertz CT molecular complexity index is 2300. The molecule has 3 aromatic rings. The van der Waals surface area contributed by atoms with Gasteiger partial charge in [0.15, 0.2) is 0 Å². The fraction of sp³-hybridized carbons (Fsp3) is 0.550. The summed E-state index contributed by atoms with van der Waals surface area (Å²) in [7, 11) is -9.63. The van der Waals surface area contributed by atoms with Crippen molar-refractivity contribution in [3.63, 3.8) is 0 Å². The lowest BCUT2D eigenvalue weighted by molar-refractivity contribution is 0.207. The molecule has 10 N–H and O–H groups in total. The van der Waals surface area contributed by atoms with Crippen LogP contribution in [0.15, 0.2) is 51.4 Å². The molecule has 0 fully saturated rings. The van der Waals surface area contributed by atoms with Crippen molar-refractivity contribution in [2.24, 2.45) is 0 Å². The Kier molecular flexibility index (Phi) is 20.0. The topological polar surface area (TPSA) is 305 Å². The number of nitrogens with one attached hydrogen (secondary N) is 6. The average molecular weight is 933 g/mol. The summed E-state index contributed by atoms with van der Waals surface area (Å²) in [6.07, 6.45) is 4.52. The second kappa shape index (κ2) is 24.8. The van der Waals surface area contributed by atoms with Gasteiger partial charge in [0, 0.05) is 37.6 Å². The zero-order chi connectivity index (χ0) is 46.9. The number of aliphatic hydroxyl groups excluding tert-OH is 2. The molecule has 4 rings (SSSR count). The molecule has 354 valence electrons. The van der Waals surface area contributed by atoms with Gasteiger partial charge in [-0.05, 0) is 108 Å². The van der Waals surface area contributed by atoms with Crippen molar-refractivity contribution in [2.75, 3.05) is 97.3 Å². The van der Waals surface area contributed by atoms with Gasteiger partial charge in [0.1, 0.15) is 4.90 Å². The van der Waals surface area contributed by atoms with Gasteiger partial charge in [0.2, 0.25) is 35.7 Å². The van der Waals surface area contributed by atoms with Crippen molar-refractivity contribution >= 4 is 67.7 Å². The molecule has 0 saturated heterocycles. The Morgan fingerprint density at radius 3 is 1.56 bits per heavy atom. The van der Waals surface area contributed by atoms with Gasteiger partial charge >= 0.3 is 0 Å². The molecule has 0 saturated carbocycles. The number of nitrogens with zero attached hydrogens (tertiary/aromatic N) is 8. The molecule has 1 aliphatic carbocycles. The second-order valence-corrected chi connectivity index (χ2v) is 17.8. The third-order valence-corrected chi connectivity index (χ3v) is 11.7. The highest BCUT2D eigenvalue weighted by Gasteiger charge is 2.23. The molecule has 2 unspecified atom stereocenters. The lowest BCUT2D eigenvalue weighted by Crippen LogP contribution is -2.25. The number of anilines is 7. The van der Waals surface area contributed by atoms with Crippen LogP contribution in [0, 0.1) is 0 Å². The summed E-state index contributed by atoms with van der Waals surface area (Å²) in [6.45, 7) is 18.5. The number of benzene rings is 1. The minimum absolute atomic E-state index is 0.0215. The Morgan fingerprint density at radius 1 is 0.641 bits per heavy atom. The molecule has 2 atom stereocenters. The van der Waals surface area contributed by atoms with Gasteiger partial charge in [0.25, 0.3) is 20.2 Å². The van der Waals surface area contributed by atoms with E-state index in [2.05, 4.69) is 99.3 Å². The molecular weight excluding hydrogens is 869 g/mol. The van der Waals surface area contributed by atoms with E-state index in [9.17, 15) is 36.2 Å². The van der Waals surface area contributed by atoms with Gasteiger partial charge in [-0.3, -0.25) is 9.11 Å². The minimum atomic E-state index is -4.83. The molecule has 2 aromatic heterocycles. The van der Waals surface area contributed by atoms with Crippen LogP contribution in [0.4, 0.5) is 41.4 Å². The summed E-state index contributed by atoms with van der Waals surface area (Å²) in [4.78, 5) is 30.0. The summed E-state index contributed by atoms with van der Waals surface area (Å²) in [5.41, 5.74) is 0.744. The van der Waals surface area contributed by atoms with Crippen molar-refractivity contribution in [2.45, 2.75) is 84.3 Å². The molecule has 0 aliphatic heterocycles. The zero-order valence-electron chi connectivity index (χ0n) is 37.3. The maximum Gasteiger partial charge on any atom is 0.295 e. The van der Waals surface area contributed by atoms with Gasteiger partial charge in [-0.25, -0.2) is 0 Å². The molecule has 22 nitrogen and oxygen atoms in total. The van der Waals surface area contributed by atoms with E-state index < -0.39 is 42.2 Å². The molecule has 0 bridgehead atoms. The van der Waals surface area contributed by atoms with Crippen LogP contribution < -0.4 is 31.9 Å². The first kappa shape index (κ1) is 51.6. The lowest BCUT2D eigenvalue weighted by atomic mass is 10.0. The summed E-state index contributed by atoms with van der Waals surface area (Å²) in [5, 5.41) is 37.9. The van der Waals surface area contributed by atoms with Gasteiger partial charge < -0.3 is 51.9 Å². The maximum atomic E-state index is 12.7. The highest BCUT2D eigenvalue weighted by Crippen LogP contribution is 2.31. The maximum absolute atomic E-state index is 12.7. The number of allylic oxidation sites excluding steroid dienone is 4. The first-order chi connectivity index (χ1) is 30.4. The summed E-state index contributed by atoms with van der Waals surface area (Å²) in [5.74, 6) is 0.958. The van der Waals surface area contributed by atoms with Gasteiger partial charge in [-0.15, -0.1) is 0 Å². The summed E-state index contributed by atoms with van der Waals surface area (Å²) < 4.78 is 71.4. The minimum Gasteiger partial charge on any atom is -0.392 e. The molecule has 24 heteroatoms. The summed E-state index contributed by atoms with van der Waals surface area (Å²) in [6, 6.07) is 4.10. The van der Waals surface area contributed by atoms with Crippen molar-refractivity contribution in [1.29, 1.82) is 0 Å². The third kappa shape index (κ3) is 17.1. The van der Waals surface area contributed by atoms with Crippen molar-refractivity contribution < 1.29 is 36.2 Å². The predicted octanol–water partition coefficient (Wildman–Crippen LogP) is 3.86. The van der Waals surface area contributed by atoms with Gasteiger partial charge in [-0.1, -0.05) is 45.9 Å². The van der Waals surface area contributed by atoms with Crippen LogP contribution in [0.1, 0.15) is 72.8 Å². The van der Waals surface area contributed by atoms with Crippen molar-refractivity contribution in [3.05, 3.63) is 52.1 Å².